The monoisotopic (exact) mass is 278 g/mol. The van der Waals surface area contributed by atoms with Crippen LogP contribution >= 0.6 is 0 Å². The molecule has 1 fully saturated rings. The number of carbonyl (C=O) groups is 1. The summed E-state index contributed by atoms with van der Waals surface area (Å²) in [5.74, 6) is -0.0537. The molecule has 110 valence electrons. The van der Waals surface area contributed by atoms with Gasteiger partial charge in [-0.05, 0) is 18.7 Å². The maximum absolute atomic E-state index is 12.2. The minimum Gasteiger partial charge on any atom is -0.375 e. The number of nitrogens with one attached hydrogen (secondary N) is 1. The topological polar surface area (TPSA) is 50.8 Å². The van der Waals surface area contributed by atoms with Gasteiger partial charge in [0, 0.05) is 39.8 Å². The zero-order chi connectivity index (χ0) is 14.6. The van der Waals surface area contributed by atoms with E-state index >= 15 is 0 Å². The Morgan fingerprint density at radius 3 is 2.60 bits per heavy atom. The summed E-state index contributed by atoms with van der Waals surface area (Å²) < 4.78 is 11.4. The first kappa shape index (κ1) is 15.0. The third-order valence-electron chi connectivity index (χ3n) is 3.84. The molecule has 0 aliphatic carbocycles. The van der Waals surface area contributed by atoms with Gasteiger partial charge >= 0.3 is 0 Å². The van der Waals surface area contributed by atoms with Crippen LogP contribution in [0.25, 0.3) is 0 Å². The molecule has 1 aromatic carbocycles. The van der Waals surface area contributed by atoms with Gasteiger partial charge in [-0.15, -0.1) is 0 Å². The van der Waals surface area contributed by atoms with Crippen molar-refractivity contribution in [1.82, 2.24) is 5.32 Å². The van der Waals surface area contributed by atoms with Crippen molar-refractivity contribution < 1.29 is 14.3 Å². The number of carbonyl (C=O) groups excluding carboxylic acids is 1. The number of rotatable bonds is 4. The van der Waals surface area contributed by atoms with Crippen molar-refractivity contribution in [3.05, 3.63) is 30.3 Å². The second-order valence-electron chi connectivity index (χ2n) is 4.92. The molecular weight excluding hydrogens is 256 g/mol. The van der Waals surface area contributed by atoms with Crippen molar-refractivity contribution in [1.29, 1.82) is 0 Å². The van der Waals surface area contributed by atoms with Crippen LogP contribution in [0.15, 0.2) is 30.3 Å². The summed E-state index contributed by atoms with van der Waals surface area (Å²) in [5, 5.41) is 3.28. The van der Waals surface area contributed by atoms with Gasteiger partial charge in [0.15, 0.2) is 5.72 Å². The number of piperidine rings is 1. The molecule has 1 saturated heterocycles. The lowest BCUT2D eigenvalue weighted by molar-refractivity contribution is -0.147. The van der Waals surface area contributed by atoms with E-state index in [0.717, 1.165) is 12.2 Å². The SMILES string of the molecule is COC1CNCCC1(OC)N(C(C)=O)c1ccccc1. The second kappa shape index (κ2) is 6.35. The average Bonchev–Trinajstić information content (AvgIpc) is 2.48. The van der Waals surface area contributed by atoms with Gasteiger partial charge in [0.1, 0.15) is 6.10 Å². The first-order chi connectivity index (χ1) is 9.65. The van der Waals surface area contributed by atoms with Crippen molar-refractivity contribution in [3.63, 3.8) is 0 Å². The molecule has 0 aromatic heterocycles. The Balaban J connectivity index is 2.46. The van der Waals surface area contributed by atoms with Gasteiger partial charge in [-0.2, -0.15) is 0 Å². The molecule has 5 heteroatoms. The molecule has 0 radical (unpaired) electrons. The molecule has 1 N–H and O–H groups in total. The number of hydrogen-bond acceptors (Lipinski definition) is 4. The van der Waals surface area contributed by atoms with E-state index in [1.54, 1.807) is 26.0 Å². The predicted molar refractivity (Wildman–Crippen MR) is 77.6 cm³/mol. The lowest BCUT2D eigenvalue weighted by atomic mass is 9.95. The summed E-state index contributed by atoms with van der Waals surface area (Å²) in [6.07, 6.45) is 0.460. The third-order valence-corrected chi connectivity index (χ3v) is 3.84. The largest absolute Gasteiger partial charge is 0.375 e. The van der Waals surface area contributed by atoms with Gasteiger partial charge in [0.25, 0.3) is 0 Å². The molecule has 0 saturated carbocycles. The summed E-state index contributed by atoms with van der Waals surface area (Å²) in [7, 11) is 3.28. The van der Waals surface area contributed by atoms with Crippen LogP contribution in [-0.2, 0) is 14.3 Å². The van der Waals surface area contributed by atoms with Gasteiger partial charge in [-0.25, -0.2) is 0 Å². The van der Waals surface area contributed by atoms with E-state index in [1.165, 1.54) is 0 Å². The molecule has 0 bridgehead atoms. The Bertz CT molecular complexity index is 452. The maximum atomic E-state index is 12.2. The van der Waals surface area contributed by atoms with Crippen molar-refractivity contribution in [2.75, 3.05) is 32.2 Å². The van der Waals surface area contributed by atoms with Crippen LogP contribution in [0.3, 0.4) is 0 Å². The zero-order valence-corrected chi connectivity index (χ0v) is 12.3. The fourth-order valence-electron chi connectivity index (χ4n) is 2.91. The third kappa shape index (κ3) is 2.57. The van der Waals surface area contributed by atoms with Crippen molar-refractivity contribution in [3.8, 4) is 0 Å². The van der Waals surface area contributed by atoms with Crippen LogP contribution in [-0.4, -0.2) is 45.0 Å². The fraction of sp³-hybridized carbons (Fsp3) is 0.533. The minimum absolute atomic E-state index is 0.0537. The molecule has 1 aliphatic heterocycles. The smallest absolute Gasteiger partial charge is 0.226 e. The lowest BCUT2D eigenvalue weighted by Crippen LogP contribution is -2.66. The number of methoxy groups -OCH3 is 2. The van der Waals surface area contributed by atoms with Gasteiger partial charge in [0.2, 0.25) is 5.91 Å². The molecule has 1 aromatic rings. The van der Waals surface area contributed by atoms with Crippen molar-refractivity contribution in [2.45, 2.75) is 25.2 Å². The second-order valence-corrected chi connectivity index (χ2v) is 4.92. The number of para-hydroxylation sites is 1. The lowest BCUT2D eigenvalue weighted by Gasteiger charge is -2.49. The van der Waals surface area contributed by atoms with Crippen molar-refractivity contribution >= 4 is 11.6 Å². The van der Waals surface area contributed by atoms with Gasteiger partial charge < -0.3 is 14.8 Å². The van der Waals surface area contributed by atoms with Crippen LogP contribution in [0, 0.1) is 0 Å². The number of nitrogens with zero attached hydrogens (tertiary/aromatic N) is 1. The summed E-state index contributed by atoms with van der Waals surface area (Å²) in [6, 6.07) is 9.58. The highest BCUT2D eigenvalue weighted by atomic mass is 16.6. The summed E-state index contributed by atoms with van der Waals surface area (Å²) in [5.41, 5.74) is 0.0542. The maximum Gasteiger partial charge on any atom is 0.226 e. The minimum atomic E-state index is -0.771. The van der Waals surface area contributed by atoms with Crippen LogP contribution in [0.2, 0.25) is 0 Å². The Hall–Kier alpha value is -1.43. The fourth-order valence-corrected chi connectivity index (χ4v) is 2.91. The molecule has 5 nitrogen and oxygen atoms in total. The number of hydrogen-bond donors (Lipinski definition) is 1. The van der Waals surface area contributed by atoms with E-state index in [9.17, 15) is 4.79 Å². The van der Waals surface area contributed by atoms with E-state index in [-0.39, 0.29) is 12.0 Å². The Kier molecular flexibility index (Phi) is 4.75. The number of benzene rings is 1. The molecule has 2 atom stereocenters. The van der Waals surface area contributed by atoms with Gasteiger partial charge in [0.05, 0.1) is 0 Å². The van der Waals surface area contributed by atoms with Crippen LogP contribution in [0.5, 0.6) is 0 Å². The molecule has 1 heterocycles. The molecule has 2 unspecified atom stereocenters. The molecule has 1 amide bonds. The molecule has 0 spiro atoms. The molecule has 2 rings (SSSR count). The van der Waals surface area contributed by atoms with Crippen LogP contribution in [0.1, 0.15) is 13.3 Å². The van der Waals surface area contributed by atoms with Crippen LogP contribution in [0.4, 0.5) is 5.69 Å². The summed E-state index contributed by atoms with van der Waals surface area (Å²) in [4.78, 5) is 13.9. The highest BCUT2D eigenvalue weighted by Gasteiger charge is 2.48. The number of anilines is 1. The van der Waals surface area contributed by atoms with Crippen LogP contribution < -0.4 is 10.2 Å². The Labute approximate surface area is 119 Å². The van der Waals surface area contributed by atoms with Crippen molar-refractivity contribution in [2.24, 2.45) is 0 Å². The molecule has 1 aliphatic rings. The van der Waals surface area contributed by atoms with E-state index in [1.807, 2.05) is 30.3 Å². The van der Waals surface area contributed by atoms with Gasteiger partial charge in [-0.1, -0.05) is 18.2 Å². The highest BCUT2D eigenvalue weighted by Crippen LogP contribution is 2.33. The van der Waals surface area contributed by atoms with E-state index in [0.29, 0.717) is 13.0 Å². The summed E-state index contributed by atoms with van der Waals surface area (Å²) in [6.45, 7) is 2.99. The van der Waals surface area contributed by atoms with Gasteiger partial charge in [-0.3, -0.25) is 9.69 Å². The average molecular weight is 278 g/mol. The normalized spacial score (nSPS) is 26.2. The first-order valence-corrected chi connectivity index (χ1v) is 6.80. The van der Waals surface area contributed by atoms with E-state index in [4.69, 9.17) is 9.47 Å². The highest BCUT2D eigenvalue weighted by molar-refractivity contribution is 5.92. The summed E-state index contributed by atoms with van der Waals surface area (Å²) >= 11 is 0. The Morgan fingerprint density at radius 1 is 1.35 bits per heavy atom. The molecular formula is C15H22N2O3. The molecule has 20 heavy (non-hydrogen) atoms. The quantitative estimate of drug-likeness (QED) is 0.846. The number of ether oxygens (including phenoxy) is 2. The zero-order valence-electron chi connectivity index (χ0n) is 12.3. The number of amides is 1. The van der Waals surface area contributed by atoms with E-state index in [2.05, 4.69) is 5.32 Å². The standard InChI is InChI=1S/C15H22N2O3/c1-12(18)17(13-7-5-4-6-8-13)15(20-3)9-10-16-11-14(15)19-2/h4-8,14,16H,9-11H2,1-3H3. The predicted octanol–water partition coefficient (Wildman–Crippen LogP) is 1.39. The Morgan fingerprint density at radius 2 is 2.05 bits per heavy atom. The van der Waals surface area contributed by atoms with E-state index < -0.39 is 5.72 Å². The first-order valence-electron chi connectivity index (χ1n) is 6.80.